The van der Waals surface area contributed by atoms with Gasteiger partial charge >= 0.3 is 5.97 Å². The topological polar surface area (TPSA) is 37.3 Å². The number of carbonyl (C=O) groups is 1. The average molecular weight is 199 g/mol. The number of hydrogen-bond donors (Lipinski definition) is 1. The second-order valence-corrected chi connectivity index (χ2v) is 3.26. The quantitative estimate of drug-likeness (QED) is 0.811. The third-order valence-electron chi connectivity index (χ3n) is 1.86. The van der Waals surface area contributed by atoms with E-state index in [2.05, 4.69) is 0 Å². The molecule has 1 aromatic carbocycles. The van der Waals surface area contributed by atoms with Crippen LogP contribution in [0.25, 0.3) is 0 Å². The van der Waals surface area contributed by atoms with Crippen molar-refractivity contribution in [2.24, 2.45) is 0 Å². The van der Waals surface area contributed by atoms with Crippen LogP contribution in [-0.4, -0.2) is 11.1 Å². The molecule has 70 valence electrons. The van der Waals surface area contributed by atoms with Gasteiger partial charge in [0.2, 0.25) is 0 Å². The molecule has 0 aliphatic carbocycles. The lowest BCUT2D eigenvalue weighted by Crippen LogP contribution is -2.01. The Morgan fingerprint density at radius 2 is 2.23 bits per heavy atom. The monoisotopic (exact) mass is 198 g/mol. The molecule has 0 atom stereocenters. The van der Waals surface area contributed by atoms with Gasteiger partial charge in [0.25, 0.3) is 0 Å². The van der Waals surface area contributed by atoms with Gasteiger partial charge < -0.3 is 5.11 Å². The van der Waals surface area contributed by atoms with Crippen LogP contribution >= 0.6 is 11.6 Å². The zero-order chi connectivity index (χ0) is 9.84. The molecule has 1 N–H and O–H groups in total. The number of hydrogen-bond acceptors (Lipinski definition) is 1. The first-order valence-electron chi connectivity index (χ1n) is 4.12. The van der Waals surface area contributed by atoms with Gasteiger partial charge in [-0.05, 0) is 23.6 Å². The summed E-state index contributed by atoms with van der Waals surface area (Å²) in [5.74, 6) is -0.852. The first-order valence-corrected chi connectivity index (χ1v) is 4.50. The Morgan fingerprint density at radius 1 is 1.54 bits per heavy atom. The van der Waals surface area contributed by atoms with E-state index in [9.17, 15) is 4.79 Å². The van der Waals surface area contributed by atoms with Crippen molar-refractivity contribution in [1.82, 2.24) is 0 Å². The molecule has 0 aromatic heterocycles. The highest BCUT2D eigenvalue weighted by Crippen LogP contribution is 2.18. The molecule has 0 unspecified atom stereocenters. The summed E-state index contributed by atoms with van der Waals surface area (Å²) in [6, 6.07) is 5.50. The molecule has 13 heavy (non-hydrogen) atoms. The van der Waals surface area contributed by atoms with Crippen LogP contribution < -0.4 is 0 Å². The summed E-state index contributed by atoms with van der Waals surface area (Å²) in [6.07, 6.45) is 0.885. The zero-order valence-corrected chi connectivity index (χ0v) is 8.14. The van der Waals surface area contributed by atoms with Crippen LogP contribution in [0.3, 0.4) is 0 Å². The molecular weight excluding hydrogens is 188 g/mol. The lowest BCUT2D eigenvalue weighted by Gasteiger charge is -2.03. The van der Waals surface area contributed by atoms with E-state index in [0.29, 0.717) is 10.6 Å². The van der Waals surface area contributed by atoms with Crippen molar-refractivity contribution in [3.8, 4) is 0 Å². The van der Waals surface area contributed by atoms with Gasteiger partial charge in [-0.1, -0.05) is 30.7 Å². The second-order valence-electron chi connectivity index (χ2n) is 2.85. The maximum absolute atomic E-state index is 10.5. The van der Waals surface area contributed by atoms with E-state index < -0.39 is 5.97 Å². The Morgan fingerprint density at radius 3 is 2.77 bits per heavy atom. The summed E-state index contributed by atoms with van der Waals surface area (Å²) in [5.41, 5.74) is 1.80. The summed E-state index contributed by atoms with van der Waals surface area (Å²) in [5, 5.41) is 9.12. The molecule has 1 rings (SSSR count). The van der Waals surface area contributed by atoms with Gasteiger partial charge in [0.15, 0.2) is 0 Å². The largest absolute Gasteiger partial charge is 0.481 e. The molecule has 0 bridgehead atoms. The Hall–Kier alpha value is -1.02. The van der Waals surface area contributed by atoms with Gasteiger partial charge in [0, 0.05) is 5.02 Å². The molecule has 1 aromatic rings. The Bertz CT molecular complexity index is 321. The molecule has 2 nitrogen and oxygen atoms in total. The van der Waals surface area contributed by atoms with Crippen LogP contribution in [0.1, 0.15) is 18.1 Å². The maximum Gasteiger partial charge on any atom is 0.307 e. The van der Waals surface area contributed by atoms with Crippen molar-refractivity contribution < 1.29 is 9.90 Å². The third kappa shape index (κ3) is 2.74. The molecule has 0 aliphatic heterocycles. The lowest BCUT2D eigenvalue weighted by atomic mass is 10.1. The van der Waals surface area contributed by atoms with Crippen LogP contribution in [0.15, 0.2) is 18.2 Å². The van der Waals surface area contributed by atoms with Crippen molar-refractivity contribution >= 4 is 17.6 Å². The van der Waals surface area contributed by atoms with Gasteiger partial charge in [-0.15, -0.1) is 0 Å². The lowest BCUT2D eigenvalue weighted by molar-refractivity contribution is -0.136. The predicted molar refractivity (Wildman–Crippen MR) is 52.2 cm³/mol. The van der Waals surface area contributed by atoms with Crippen molar-refractivity contribution in [2.75, 3.05) is 0 Å². The fraction of sp³-hybridized carbons (Fsp3) is 0.300. The molecule has 0 radical (unpaired) electrons. The molecular formula is C10H11ClO2. The van der Waals surface area contributed by atoms with Crippen LogP contribution in [0.5, 0.6) is 0 Å². The third-order valence-corrected chi connectivity index (χ3v) is 2.23. The molecule has 0 spiro atoms. The first-order chi connectivity index (χ1) is 6.13. The van der Waals surface area contributed by atoms with Gasteiger partial charge in [0.05, 0.1) is 6.42 Å². The number of benzene rings is 1. The van der Waals surface area contributed by atoms with Crippen LogP contribution in [0, 0.1) is 0 Å². The Balaban J connectivity index is 2.96. The zero-order valence-electron chi connectivity index (χ0n) is 7.38. The minimum absolute atomic E-state index is 0.00727. The van der Waals surface area contributed by atoms with Crippen LogP contribution in [0.4, 0.5) is 0 Å². The normalized spacial score (nSPS) is 10.0. The minimum atomic E-state index is -0.852. The minimum Gasteiger partial charge on any atom is -0.481 e. The maximum atomic E-state index is 10.5. The molecule has 0 saturated heterocycles. The SMILES string of the molecule is CCc1ccc(Cl)c(CC(=O)O)c1. The standard InChI is InChI=1S/C10H11ClO2/c1-2-7-3-4-9(11)8(5-7)6-10(12)13/h3-5H,2,6H2,1H3,(H,12,13). The summed E-state index contributed by atoms with van der Waals surface area (Å²) in [4.78, 5) is 10.5. The van der Waals surface area contributed by atoms with Gasteiger partial charge in [-0.3, -0.25) is 4.79 Å². The Kier molecular flexibility index (Phi) is 3.32. The molecule has 0 aliphatic rings. The van der Waals surface area contributed by atoms with Crippen molar-refractivity contribution in [3.05, 3.63) is 34.3 Å². The van der Waals surface area contributed by atoms with E-state index in [1.165, 1.54) is 0 Å². The molecule has 0 heterocycles. The average Bonchev–Trinajstić information content (AvgIpc) is 2.08. The second kappa shape index (κ2) is 4.28. The highest BCUT2D eigenvalue weighted by Gasteiger charge is 2.05. The fourth-order valence-electron chi connectivity index (χ4n) is 1.15. The van der Waals surface area contributed by atoms with E-state index in [0.717, 1.165) is 12.0 Å². The van der Waals surface area contributed by atoms with E-state index in [1.54, 1.807) is 6.07 Å². The van der Waals surface area contributed by atoms with Crippen LogP contribution in [-0.2, 0) is 17.6 Å². The van der Waals surface area contributed by atoms with Crippen LogP contribution in [0.2, 0.25) is 5.02 Å². The molecule has 3 heteroatoms. The number of aliphatic carboxylic acids is 1. The van der Waals surface area contributed by atoms with E-state index >= 15 is 0 Å². The van der Waals surface area contributed by atoms with Crippen molar-refractivity contribution in [2.45, 2.75) is 19.8 Å². The number of carboxylic acids is 1. The smallest absolute Gasteiger partial charge is 0.307 e. The van der Waals surface area contributed by atoms with Crippen molar-refractivity contribution in [1.29, 1.82) is 0 Å². The van der Waals surface area contributed by atoms with E-state index in [1.807, 2.05) is 19.1 Å². The van der Waals surface area contributed by atoms with E-state index in [-0.39, 0.29) is 6.42 Å². The molecule has 0 amide bonds. The van der Waals surface area contributed by atoms with Gasteiger partial charge in [0.1, 0.15) is 0 Å². The summed E-state index contributed by atoms with van der Waals surface area (Å²) in [6.45, 7) is 2.02. The number of aryl methyl sites for hydroxylation is 1. The summed E-state index contributed by atoms with van der Waals surface area (Å²) < 4.78 is 0. The fourth-order valence-corrected chi connectivity index (χ4v) is 1.33. The number of rotatable bonds is 3. The van der Waals surface area contributed by atoms with Gasteiger partial charge in [-0.2, -0.15) is 0 Å². The van der Waals surface area contributed by atoms with Crippen molar-refractivity contribution in [3.63, 3.8) is 0 Å². The predicted octanol–water partition coefficient (Wildman–Crippen LogP) is 2.53. The highest BCUT2D eigenvalue weighted by molar-refractivity contribution is 6.31. The summed E-state index contributed by atoms with van der Waals surface area (Å²) in [7, 11) is 0. The van der Waals surface area contributed by atoms with Gasteiger partial charge in [-0.25, -0.2) is 0 Å². The molecule has 0 fully saturated rings. The molecule has 0 saturated carbocycles. The number of carboxylic acid groups (broad SMARTS) is 1. The Labute approximate surface area is 82.2 Å². The first kappa shape index (κ1) is 10.1. The summed E-state index contributed by atoms with van der Waals surface area (Å²) >= 11 is 5.83. The number of halogens is 1. The highest BCUT2D eigenvalue weighted by atomic mass is 35.5. The van der Waals surface area contributed by atoms with E-state index in [4.69, 9.17) is 16.7 Å².